The van der Waals surface area contributed by atoms with Gasteiger partial charge in [0.25, 0.3) is 0 Å². The van der Waals surface area contributed by atoms with E-state index in [1.165, 1.54) is 16.4 Å². The summed E-state index contributed by atoms with van der Waals surface area (Å²) in [6.45, 7) is 3.05. The van der Waals surface area contributed by atoms with Crippen LogP contribution in [0.2, 0.25) is 0 Å². The molecule has 3 rings (SSSR count). The van der Waals surface area contributed by atoms with Crippen LogP contribution in [0.15, 0.2) is 59.5 Å². The summed E-state index contributed by atoms with van der Waals surface area (Å²) in [5, 5.41) is 5.21. The number of hydrogen-bond donors (Lipinski definition) is 2. The number of amides is 2. The number of hydrogen-bond acceptors (Lipinski definition) is 4. The van der Waals surface area contributed by atoms with Crippen molar-refractivity contribution in [2.75, 3.05) is 13.1 Å². The lowest BCUT2D eigenvalue weighted by Gasteiger charge is -2.16. The van der Waals surface area contributed by atoms with E-state index in [0.29, 0.717) is 18.7 Å². The summed E-state index contributed by atoms with van der Waals surface area (Å²) in [6.07, 6.45) is 1.77. The van der Waals surface area contributed by atoms with Gasteiger partial charge in [-0.1, -0.05) is 42.5 Å². The molecule has 1 saturated heterocycles. The SMILES string of the molecule is C[C@H](NC(=O)C(=O)NCc1ccc(S(=O)(=O)N2CCCC2)cc1)c1ccccc1. The molecule has 2 N–H and O–H groups in total. The van der Waals surface area contributed by atoms with Gasteiger partial charge in [0.15, 0.2) is 0 Å². The van der Waals surface area contributed by atoms with Crippen LogP contribution in [0.3, 0.4) is 0 Å². The first-order valence-corrected chi connectivity index (χ1v) is 11.0. The van der Waals surface area contributed by atoms with Crippen molar-refractivity contribution in [2.45, 2.75) is 37.2 Å². The molecule has 1 atom stereocenters. The third-order valence-electron chi connectivity index (χ3n) is 4.93. The average molecular weight is 416 g/mol. The van der Waals surface area contributed by atoms with Crippen molar-refractivity contribution in [1.29, 1.82) is 0 Å². The first kappa shape index (κ1) is 21.0. The lowest BCUT2D eigenvalue weighted by atomic mass is 10.1. The minimum Gasteiger partial charge on any atom is -0.344 e. The Balaban J connectivity index is 1.53. The van der Waals surface area contributed by atoms with Crippen LogP contribution >= 0.6 is 0 Å². The quantitative estimate of drug-likeness (QED) is 0.705. The molecule has 2 amide bonds. The van der Waals surface area contributed by atoms with E-state index in [9.17, 15) is 18.0 Å². The van der Waals surface area contributed by atoms with E-state index in [1.807, 2.05) is 30.3 Å². The Hall–Kier alpha value is -2.71. The van der Waals surface area contributed by atoms with Crippen LogP contribution in [0.5, 0.6) is 0 Å². The maximum absolute atomic E-state index is 12.5. The van der Waals surface area contributed by atoms with Gasteiger partial charge in [-0.3, -0.25) is 9.59 Å². The van der Waals surface area contributed by atoms with E-state index in [1.54, 1.807) is 19.1 Å². The topological polar surface area (TPSA) is 95.6 Å². The van der Waals surface area contributed by atoms with E-state index in [2.05, 4.69) is 10.6 Å². The van der Waals surface area contributed by atoms with Gasteiger partial charge in [0.05, 0.1) is 10.9 Å². The Labute approximate surface area is 171 Å². The fourth-order valence-electron chi connectivity index (χ4n) is 3.21. The second kappa shape index (κ2) is 9.19. The predicted octanol–water partition coefficient (Wildman–Crippen LogP) is 1.96. The monoisotopic (exact) mass is 415 g/mol. The molecule has 0 spiro atoms. The minimum atomic E-state index is -3.46. The van der Waals surface area contributed by atoms with Gasteiger partial charge in [0.1, 0.15) is 0 Å². The van der Waals surface area contributed by atoms with Gasteiger partial charge < -0.3 is 10.6 Å². The van der Waals surface area contributed by atoms with E-state index >= 15 is 0 Å². The van der Waals surface area contributed by atoms with E-state index in [-0.39, 0.29) is 17.5 Å². The second-order valence-electron chi connectivity index (χ2n) is 7.04. The van der Waals surface area contributed by atoms with Gasteiger partial charge in [-0.2, -0.15) is 4.31 Å². The van der Waals surface area contributed by atoms with Crippen molar-refractivity contribution in [2.24, 2.45) is 0 Å². The summed E-state index contributed by atoms with van der Waals surface area (Å²) >= 11 is 0. The summed E-state index contributed by atoms with van der Waals surface area (Å²) < 4.78 is 26.5. The first-order chi connectivity index (χ1) is 13.9. The zero-order valence-corrected chi connectivity index (χ0v) is 17.1. The van der Waals surface area contributed by atoms with Gasteiger partial charge in [-0.25, -0.2) is 8.42 Å². The Morgan fingerprint density at radius 2 is 1.59 bits per heavy atom. The molecule has 1 fully saturated rings. The summed E-state index contributed by atoms with van der Waals surface area (Å²) in [5.41, 5.74) is 1.62. The van der Waals surface area contributed by atoms with Crippen LogP contribution in [0, 0.1) is 0 Å². The smallest absolute Gasteiger partial charge is 0.309 e. The highest BCUT2D eigenvalue weighted by Crippen LogP contribution is 2.21. The molecular weight excluding hydrogens is 390 g/mol. The average Bonchev–Trinajstić information content (AvgIpc) is 3.28. The van der Waals surface area contributed by atoms with Crippen LogP contribution in [0.25, 0.3) is 0 Å². The number of carbonyl (C=O) groups excluding carboxylic acids is 2. The van der Waals surface area contributed by atoms with Crippen molar-refractivity contribution < 1.29 is 18.0 Å². The van der Waals surface area contributed by atoms with Crippen LogP contribution < -0.4 is 10.6 Å². The maximum atomic E-state index is 12.5. The van der Waals surface area contributed by atoms with Crippen LogP contribution in [-0.2, 0) is 26.2 Å². The van der Waals surface area contributed by atoms with E-state index in [4.69, 9.17) is 0 Å². The lowest BCUT2D eigenvalue weighted by molar-refractivity contribution is -0.139. The molecule has 29 heavy (non-hydrogen) atoms. The summed E-state index contributed by atoms with van der Waals surface area (Å²) in [7, 11) is -3.46. The van der Waals surface area contributed by atoms with Gasteiger partial charge >= 0.3 is 11.8 Å². The van der Waals surface area contributed by atoms with Gasteiger partial charge in [0.2, 0.25) is 10.0 Å². The minimum absolute atomic E-state index is 0.135. The summed E-state index contributed by atoms with van der Waals surface area (Å²) in [5.74, 6) is -1.45. The molecule has 0 saturated carbocycles. The summed E-state index contributed by atoms with van der Waals surface area (Å²) in [6, 6.07) is 15.4. The molecule has 0 bridgehead atoms. The van der Waals surface area contributed by atoms with E-state index < -0.39 is 21.8 Å². The highest BCUT2D eigenvalue weighted by atomic mass is 32.2. The van der Waals surface area contributed by atoms with Crippen LogP contribution in [0.4, 0.5) is 0 Å². The van der Waals surface area contributed by atoms with Gasteiger partial charge in [-0.05, 0) is 43.0 Å². The Kier molecular flexibility index (Phi) is 6.66. The number of benzene rings is 2. The molecule has 1 aliphatic rings. The van der Waals surface area contributed by atoms with Gasteiger partial charge in [0, 0.05) is 19.6 Å². The fraction of sp³-hybridized carbons (Fsp3) is 0.333. The molecule has 7 nitrogen and oxygen atoms in total. The number of carbonyl (C=O) groups is 2. The van der Waals surface area contributed by atoms with Crippen molar-refractivity contribution in [1.82, 2.24) is 14.9 Å². The van der Waals surface area contributed by atoms with Gasteiger partial charge in [-0.15, -0.1) is 0 Å². The number of nitrogens with one attached hydrogen (secondary N) is 2. The van der Waals surface area contributed by atoms with Crippen LogP contribution in [-0.4, -0.2) is 37.6 Å². The third kappa shape index (κ3) is 5.21. The standard InChI is InChI=1S/C21H25N3O4S/c1-16(18-7-3-2-4-8-18)23-21(26)20(25)22-15-17-9-11-19(12-10-17)29(27,28)24-13-5-6-14-24/h2-4,7-12,16H,5-6,13-15H2,1H3,(H,22,25)(H,23,26)/t16-/m0/s1. The van der Waals surface area contributed by atoms with Crippen molar-refractivity contribution in [3.63, 3.8) is 0 Å². The lowest BCUT2D eigenvalue weighted by Crippen LogP contribution is -2.40. The normalized spacial score (nSPS) is 15.6. The fourth-order valence-corrected chi connectivity index (χ4v) is 4.72. The van der Waals surface area contributed by atoms with Crippen molar-refractivity contribution in [3.8, 4) is 0 Å². The van der Waals surface area contributed by atoms with E-state index in [0.717, 1.165) is 18.4 Å². The Bertz CT molecular complexity index is 953. The molecular formula is C21H25N3O4S. The number of rotatable bonds is 6. The van der Waals surface area contributed by atoms with Crippen molar-refractivity contribution >= 4 is 21.8 Å². The zero-order valence-electron chi connectivity index (χ0n) is 16.3. The molecule has 0 unspecified atom stereocenters. The molecule has 8 heteroatoms. The van der Waals surface area contributed by atoms with Crippen molar-refractivity contribution in [3.05, 3.63) is 65.7 Å². The zero-order chi connectivity index (χ0) is 20.9. The number of sulfonamides is 1. The Morgan fingerprint density at radius 3 is 2.21 bits per heavy atom. The Morgan fingerprint density at radius 1 is 0.966 bits per heavy atom. The third-order valence-corrected chi connectivity index (χ3v) is 6.85. The molecule has 2 aromatic rings. The molecule has 1 aliphatic heterocycles. The summed E-state index contributed by atoms with van der Waals surface area (Å²) in [4.78, 5) is 24.4. The highest BCUT2D eigenvalue weighted by molar-refractivity contribution is 7.89. The molecule has 0 radical (unpaired) electrons. The predicted molar refractivity (Wildman–Crippen MR) is 109 cm³/mol. The first-order valence-electron chi connectivity index (χ1n) is 9.60. The largest absolute Gasteiger partial charge is 0.344 e. The molecule has 2 aromatic carbocycles. The molecule has 0 aliphatic carbocycles. The van der Waals surface area contributed by atoms with Crippen LogP contribution in [0.1, 0.15) is 36.9 Å². The molecule has 1 heterocycles. The number of nitrogens with zero attached hydrogens (tertiary/aromatic N) is 1. The second-order valence-corrected chi connectivity index (χ2v) is 8.98. The maximum Gasteiger partial charge on any atom is 0.309 e. The molecule has 154 valence electrons. The highest BCUT2D eigenvalue weighted by Gasteiger charge is 2.26. The molecule has 0 aromatic heterocycles.